The maximum absolute atomic E-state index is 12.4. The number of aryl methyl sites for hydroxylation is 1. The van der Waals surface area contributed by atoms with Crippen molar-refractivity contribution in [2.75, 3.05) is 13.1 Å². The van der Waals surface area contributed by atoms with Crippen LogP contribution in [0.15, 0.2) is 51.7 Å². The SMILES string of the molecule is CC/C=C(/C(C)=C(/C)c1nc(C)cc(=O)n1C)N1CCc2ncc(/C(C=NCCC)=C/N)cc2C1. The lowest BCUT2D eigenvalue weighted by Gasteiger charge is -2.33. The summed E-state index contributed by atoms with van der Waals surface area (Å²) in [7, 11) is 1.78. The minimum Gasteiger partial charge on any atom is -0.404 e. The second kappa shape index (κ2) is 11.8. The van der Waals surface area contributed by atoms with E-state index < -0.39 is 0 Å². The van der Waals surface area contributed by atoms with Gasteiger partial charge in [-0.2, -0.15) is 0 Å². The third-order valence-corrected chi connectivity index (χ3v) is 6.42. The number of fused-ring (bicyclic) bond motifs is 1. The summed E-state index contributed by atoms with van der Waals surface area (Å²) in [5, 5.41) is 0. The van der Waals surface area contributed by atoms with Crippen LogP contribution in [0.5, 0.6) is 0 Å². The molecule has 1 aliphatic heterocycles. The Balaban J connectivity index is 1.96. The second-order valence-electron chi connectivity index (χ2n) is 9.02. The van der Waals surface area contributed by atoms with Gasteiger partial charge in [-0.25, -0.2) is 4.98 Å². The van der Waals surface area contributed by atoms with Gasteiger partial charge in [0.2, 0.25) is 0 Å². The quantitative estimate of drug-likeness (QED) is 0.452. The Labute approximate surface area is 208 Å². The number of nitrogens with two attached hydrogens (primary N) is 1. The van der Waals surface area contributed by atoms with E-state index in [9.17, 15) is 4.79 Å². The molecule has 3 heterocycles. The van der Waals surface area contributed by atoms with Gasteiger partial charge in [-0.1, -0.05) is 19.9 Å². The molecule has 0 aliphatic carbocycles. The standard InChI is InChI=1S/C28H38N6O/c1-7-9-26(20(4)21(5)28-32-19(3)13-27(35)33(28)6)34-12-10-25-23(18-34)14-22(17-31-25)24(15-29)16-30-11-8-2/h9,13-17H,7-8,10-12,18,29H2,1-6H3/b21-20-,24-15+,26-9-,30-16?. The van der Waals surface area contributed by atoms with E-state index in [0.29, 0.717) is 5.82 Å². The van der Waals surface area contributed by atoms with Crippen LogP contribution in [0.2, 0.25) is 0 Å². The fourth-order valence-corrected chi connectivity index (χ4v) is 4.36. The highest BCUT2D eigenvalue weighted by Gasteiger charge is 2.22. The van der Waals surface area contributed by atoms with Gasteiger partial charge in [-0.3, -0.25) is 19.3 Å². The highest BCUT2D eigenvalue weighted by molar-refractivity contribution is 6.09. The molecule has 0 unspecified atom stereocenters. The molecule has 3 rings (SSSR count). The Kier molecular flexibility index (Phi) is 8.79. The van der Waals surface area contributed by atoms with Crippen LogP contribution >= 0.6 is 0 Å². The van der Waals surface area contributed by atoms with Crippen molar-refractivity contribution < 1.29 is 0 Å². The average Bonchev–Trinajstić information content (AvgIpc) is 2.86. The number of allylic oxidation sites excluding steroid dienone is 4. The van der Waals surface area contributed by atoms with Crippen LogP contribution in [0.1, 0.15) is 68.9 Å². The molecule has 2 aromatic rings. The van der Waals surface area contributed by atoms with Crippen molar-refractivity contribution in [2.45, 2.75) is 60.4 Å². The summed E-state index contributed by atoms with van der Waals surface area (Å²) in [6.45, 7) is 12.7. The molecule has 0 amide bonds. The molecule has 35 heavy (non-hydrogen) atoms. The maximum atomic E-state index is 12.4. The van der Waals surface area contributed by atoms with Crippen LogP contribution in [0, 0.1) is 6.92 Å². The van der Waals surface area contributed by atoms with E-state index in [4.69, 9.17) is 10.7 Å². The van der Waals surface area contributed by atoms with E-state index in [2.05, 4.69) is 47.8 Å². The largest absolute Gasteiger partial charge is 0.404 e. The van der Waals surface area contributed by atoms with E-state index in [1.807, 2.05) is 26.3 Å². The Hall–Kier alpha value is -3.48. The fourth-order valence-electron chi connectivity index (χ4n) is 4.36. The van der Waals surface area contributed by atoms with Gasteiger partial charge in [0, 0.05) is 86.0 Å². The van der Waals surface area contributed by atoms with Gasteiger partial charge in [-0.05, 0) is 56.4 Å². The molecule has 0 spiro atoms. The van der Waals surface area contributed by atoms with Gasteiger partial charge in [0.1, 0.15) is 5.82 Å². The summed E-state index contributed by atoms with van der Waals surface area (Å²) in [5.74, 6) is 0.708. The van der Waals surface area contributed by atoms with Crippen molar-refractivity contribution in [1.82, 2.24) is 19.4 Å². The minimum atomic E-state index is -0.0441. The Morgan fingerprint density at radius 3 is 2.71 bits per heavy atom. The third kappa shape index (κ3) is 5.96. The molecule has 0 atom stereocenters. The molecular formula is C28H38N6O. The third-order valence-electron chi connectivity index (χ3n) is 6.42. The summed E-state index contributed by atoms with van der Waals surface area (Å²) in [5.41, 5.74) is 14.1. The zero-order chi connectivity index (χ0) is 25.5. The number of hydrogen-bond donors (Lipinski definition) is 1. The molecule has 0 fully saturated rings. The first-order valence-electron chi connectivity index (χ1n) is 12.4. The van der Waals surface area contributed by atoms with E-state index in [0.717, 1.165) is 72.6 Å². The average molecular weight is 475 g/mol. The van der Waals surface area contributed by atoms with Crippen LogP contribution in [0.25, 0.3) is 11.1 Å². The molecule has 2 aromatic heterocycles. The molecule has 7 heteroatoms. The number of pyridine rings is 1. The van der Waals surface area contributed by atoms with Gasteiger partial charge in [0.25, 0.3) is 5.56 Å². The van der Waals surface area contributed by atoms with Gasteiger partial charge >= 0.3 is 0 Å². The van der Waals surface area contributed by atoms with Crippen molar-refractivity contribution in [3.8, 4) is 0 Å². The zero-order valence-electron chi connectivity index (χ0n) is 21.9. The number of aliphatic imine (C=N–C) groups is 1. The predicted molar refractivity (Wildman–Crippen MR) is 145 cm³/mol. The van der Waals surface area contributed by atoms with Crippen molar-refractivity contribution in [3.05, 3.63) is 80.6 Å². The summed E-state index contributed by atoms with van der Waals surface area (Å²) < 4.78 is 1.62. The number of rotatable bonds is 8. The molecule has 0 radical (unpaired) electrons. The predicted octanol–water partition coefficient (Wildman–Crippen LogP) is 4.41. The molecule has 0 saturated heterocycles. The lowest BCUT2D eigenvalue weighted by Crippen LogP contribution is -2.31. The fraction of sp³-hybridized carbons (Fsp3) is 0.429. The molecule has 186 valence electrons. The van der Waals surface area contributed by atoms with Gasteiger partial charge in [-0.15, -0.1) is 0 Å². The van der Waals surface area contributed by atoms with Crippen molar-refractivity contribution in [2.24, 2.45) is 17.8 Å². The van der Waals surface area contributed by atoms with Crippen molar-refractivity contribution in [1.29, 1.82) is 0 Å². The first-order chi connectivity index (χ1) is 16.8. The van der Waals surface area contributed by atoms with Crippen LogP contribution in [0.3, 0.4) is 0 Å². The lowest BCUT2D eigenvalue weighted by atomic mass is 9.98. The number of aromatic nitrogens is 3. The molecular weight excluding hydrogens is 436 g/mol. The summed E-state index contributed by atoms with van der Waals surface area (Å²) >= 11 is 0. The normalized spacial score (nSPS) is 15.4. The molecule has 0 saturated carbocycles. The summed E-state index contributed by atoms with van der Waals surface area (Å²) in [4.78, 5) is 28.6. The Morgan fingerprint density at radius 2 is 2.03 bits per heavy atom. The number of hydrogen-bond acceptors (Lipinski definition) is 6. The van der Waals surface area contributed by atoms with Crippen LogP contribution in [-0.2, 0) is 20.0 Å². The van der Waals surface area contributed by atoms with Gasteiger partial charge in [0.15, 0.2) is 0 Å². The Bertz CT molecular complexity index is 1250. The van der Waals surface area contributed by atoms with Crippen molar-refractivity contribution >= 4 is 17.4 Å². The van der Waals surface area contributed by atoms with Gasteiger partial charge < -0.3 is 10.6 Å². The monoisotopic (exact) mass is 474 g/mol. The smallest absolute Gasteiger partial charge is 0.253 e. The van der Waals surface area contributed by atoms with Crippen LogP contribution in [0.4, 0.5) is 0 Å². The first-order valence-corrected chi connectivity index (χ1v) is 12.4. The topological polar surface area (TPSA) is 89.4 Å². The maximum Gasteiger partial charge on any atom is 0.253 e. The molecule has 1 aliphatic rings. The molecule has 7 nitrogen and oxygen atoms in total. The second-order valence-corrected chi connectivity index (χ2v) is 9.02. The highest BCUT2D eigenvalue weighted by atomic mass is 16.1. The lowest BCUT2D eigenvalue weighted by molar-refractivity contribution is 0.324. The van der Waals surface area contributed by atoms with Gasteiger partial charge in [0.05, 0.1) is 0 Å². The zero-order valence-corrected chi connectivity index (χ0v) is 21.9. The van der Waals surface area contributed by atoms with Crippen LogP contribution < -0.4 is 11.3 Å². The summed E-state index contributed by atoms with van der Waals surface area (Å²) in [6.07, 6.45) is 10.4. The van der Waals surface area contributed by atoms with E-state index >= 15 is 0 Å². The minimum absolute atomic E-state index is 0.0441. The van der Waals surface area contributed by atoms with E-state index in [1.165, 1.54) is 11.3 Å². The van der Waals surface area contributed by atoms with E-state index in [-0.39, 0.29) is 5.56 Å². The van der Waals surface area contributed by atoms with E-state index in [1.54, 1.807) is 23.9 Å². The molecule has 0 bridgehead atoms. The van der Waals surface area contributed by atoms with Crippen LogP contribution in [-0.4, -0.2) is 38.7 Å². The van der Waals surface area contributed by atoms with Crippen molar-refractivity contribution in [3.63, 3.8) is 0 Å². The number of nitrogens with zero attached hydrogens (tertiary/aromatic N) is 5. The first kappa shape index (κ1) is 26.1. The Morgan fingerprint density at radius 1 is 1.26 bits per heavy atom. The molecule has 0 aromatic carbocycles. The summed E-state index contributed by atoms with van der Waals surface area (Å²) in [6, 6.07) is 3.75. The molecule has 2 N–H and O–H groups in total. The highest BCUT2D eigenvalue weighted by Crippen LogP contribution is 2.29.